The Morgan fingerprint density at radius 2 is 2.00 bits per heavy atom. The van der Waals surface area contributed by atoms with Gasteiger partial charge in [0.2, 0.25) is 0 Å². The third kappa shape index (κ3) is 5.58. The highest BCUT2D eigenvalue weighted by Crippen LogP contribution is 2.14. The highest BCUT2D eigenvalue weighted by molar-refractivity contribution is 5.26. The van der Waals surface area contributed by atoms with E-state index in [0.717, 1.165) is 12.8 Å². The van der Waals surface area contributed by atoms with Crippen LogP contribution in [0.4, 0.5) is 0 Å². The molecule has 1 unspecified atom stereocenters. The van der Waals surface area contributed by atoms with Crippen LogP contribution in [0.2, 0.25) is 0 Å². The van der Waals surface area contributed by atoms with Crippen LogP contribution in [0.5, 0.6) is 0 Å². The minimum absolute atomic E-state index is 0.0951. The SMILES string of the molecule is CC=CC=C(CC)C(N)C(C)=CCCC. The molecular formula is C14H25N. The average Bonchev–Trinajstić information content (AvgIpc) is 2.26. The van der Waals surface area contributed by atoms with Crippen molar-refractivity contribution in [1.29, 1.82) is 0 Å². The van der Waals surface area contributed by atoms with Crippen molar-refractivity contribution in [1.82, 2.24) is 0 Å². The molecular weight excluding hydrogens is 182 g/mol. The highest BCUT2D eigenvalue weighted by atomic mass is 14.6. The van der Waals surface area contributed by atoms with Gasteiger partial charge < -0.3 is 5.73 Å². The van der Waals surface area contributed by atoms with Gasteiger partial charge in [-0.05, 0) is 32.3 Å². The number of nitrogens with two attached hydrogens (primary N) is 1. The molecule has 1 atom stereocenters. The van der Waals surface area contributed by atoms with E-state index in [-0.39, 0.29) is 6.04 Å². The third-order valence-electron chi connectivity index (χ3n) is 2.56. The Hall–Kier alpha value is -0.820. The molecule has 86 valence electrons. The smallest absolute Gasteiger partial charge is 0.0470 e. The molecule has 0 fully saturated rings. The summed E-state index contributed by atoms with van der Waals surface area (Å²) in [6.45, 7) is 8.49. The highest BCUT2D eigenvalue weighted by Gasteiger charge is 2.07. The first-order chi connectivity index (χ1) is 7.17. The molecule has 0 aromatic rings. The Kier molecular flexibility index (Phi) is 8.02. The van der Waals surface area contributed by atoms with Crippen LogP contribution in [-0.4, -0.2) is 6.04 Å². The van der Waals surface area contributed by atoms with E-state index < -0.39 is 0 Å². The van der Waals surface area contributed by atoms with Gasteiger partial charge >= 0.3 is 0 Å². The summed E-state index contributed by atoms with van der Waals surface area (Å²) in [6.07, 6.45) is 11.8. The Morgan fingerprint density at radius 1 is 1.33 bits per heavy atom. The fourth-order valence-electron chi connectivity index (χ4n) is 1.45. The van der Waals surface area contributed by atoms with Crippen molar-refractivity contribution >= 4 is 0 Å². The van der Waals surface area contributed by atoms with Crippen LogP contribution in [0.3, 0.4) is 0 Å². The van der Waals surface area contributed by atoms with Gasteiger partial charge in [0.25, 0.3) is 0 Å². The van der Waals surface area contributed by atoms with Gasteiger partial charge in [-0.1, -0.05) is 50.1 Å². The van der Waals surface area contributed by atoms with Gasteiger partial charge in [-0.15, -0.1) is 0 Å². The molecule has 1 heteroatoms. The van der Waals surface area contributed by atoms with Gasteiger partial charge in [-0.2, -0.15) is 0 Å². The zero-order valence-electron chi connectivity index (χ0n) is 10.6. The standard InChI is InChI=1S/C14H25N/c1-5-8-10-12(4)14(15)13(7-3)11-9-6-2/h6,9-11,14H,5,7-8,15H2,1-4H3. The number of rotatable bonds is 6. The summed E-state index contributed by atoms with van der Waals surface area (Å²) in [6, 6.07) is 0.0951. The molecule has 0 aliphatic carbocycles. The summed E-state index contributed by atoms with van der Waals surface area (Å²) in [5.74, 6) is 0. The van der Waals surface area contributed by atoms with Crippen molar-refractivity contribution in [3.63, 3.8) is 0 Å². The van der Waals surface area contributed by atoms with E-state index in [1.165, 1.54) is 17.6 Å². The minimum Gasteiger partial charge on any atom is -0.321 e. The van der Waals surface area contributed by atoms with Crippen LogP contribution >= 0.6 is 0 Å². The zero-order valence-corrected chi connectivity index (χ0v) is 10.6. The van der Waals surface area contributed by atoms with Gasteiger partial charge in [-0.25, -0.2) is 0 Å². The summed E-state index contributed by atoms with van der Waals surface area (Å²) in [4.78, 5) is 0. The molecule has 0 saturated heterocycles. The fourth-order valence-corrected chi connectivity index (χ4v) is 1.45. The molecule has 0 aliphatic heterocycles. The maximum absolute atomic E-state index is 6.18. The van der Waals surface area contributed by atoms with E-state index in [9.17, 15) is 0 Å². The molecule has 0 radical (unpaired) electrons. The summed E-state index contributed by atoms with van der Waals surface area (Å²) in [5, 5.41) is 0. The molecule has 0 aromatic heterocycles. The molecule has 0 amide bonds. The van der Waals surface area contributed by atoms with Gasteiger partial charge in [0, 0.05) is 6.04 Å². The molecule has 0 spiro atoms. The lowest BCUT2D eigenvalue weighted by molar-refractivity contribution is 0.821. The second-order valence-corrected chi connectivity index (χ2v) is 3.84. The summed E-state index contributed by atoms with van der Waals surface area (Å²) in [7, 11) is 0. The number of hydrogen-bond donors (Lipinski definition) is 1. The van der Waals surface area contributed by atoms with Gasteiger partial charge in [0.1, 0.15) is 0 Å². The first-order valence-electron chi connectivity index (χ1n) is 5.91. The Balaban J connectivity index is 4.57. The predicted molar refractivity (Wildman–Crippen MR) is 69.8 cm³/mol. The van der Waals surface area contributed by atoms with Crippen LogP contribution in [0.25, 0.3) is 0 Å². The van der Waals surface area contributed by atoms with Crippen molar-refractivity contribution in [2.24, 2.45) is 5.73 Å². The predicted octanol–water partition coefficient (Wildman–Crippen LogP) is 3.97. The second kappa shape index (κ2) is 8.49. The Labute approximate surface area is 94.8 Å². The first-order valence-corrected chi connectivity index (χ1v) is 5.91. The van der Waals surface area contributed by atoms with Crippen LogP contribution in [0, 0.1) is 0 Å². The minimum atomic E-state index is 0.0951. The first kappa shape index (κ1) is 14.2. The Morgan fingerprint density at radius 3 is 2.47 bits per heavy atom. The van der Waals surface area contributed by atoms with Crippen molar-refractivity contribution < 1.29 is 0 Å². The Bertz CT molecular complexity index is 246. The topological polar surface area (TPSA) is 26.0 Å². The monoisotopic (exact) mass is 207 g/mol. The normalized spacial score (nSPS) is 16.1. The van der Waals surface area contributed by atoms with E-state index in [0.29, 0.717) is 0 Å². The van der Waals surface area contributed by atoms with Crippen molar-refractivity contribution in [3.8, 4) is 0 Å². The molecule has 0 rings (SSSR count). The van der Waals surface area contributed by atoms with E-state index in [4.69, 9.17) is 5.73 Å². The fraction of sp³-hybridized carbons (Fsp3) is 0.571. The lowest BCUT2D eigenvalue weighted by Crippen LogP contribution is -2.23. The lowest BCUT2D eigenvalue weighted by Gasteiger charge is -2.15. The van der Waals surface area contributed by atoms with Crippen LogP contribution in [0.1, 0.15) is 47.0 Å². The van der Waals surface area contributed by atoms with E-state index >= 15 is 0 Å². The second-order valence-electron chi connectivity index (χ2n) is 3.84. The summed E-state index contributed by atoms with van der Waals surface area (Å²) >= 11 is 0. The molecule has 0 bridgehead atoms. The molecule has 0 heterocycles. The summed E-state index contributed by atoms with van der Waals surface area (Å²) < 4.78 is 0. The van der Waals surface area contributed by atoms with Crippen LogP contribution in [0.15, 0.2) is 35.5 Å². The third-order valence-corrected chi connectivity index (χ3v) is 2.56. The quantitative estimate of drug-likeness (QED) is 0.517. The van der Waals surface area contributed by atoms with Crippen LogP contribution in [-0.2, 0) is 0 Å². The molecule has 2 N–H and O–H groups in total. The molecule has 15 heavy (non-hydrogen) atoms. The number of hydrogen-bond acceptors (Lipinski definition) is 1. The van der Waals surface area contributed by atoms with Crippen molar-refractivity contribution in [2.45, 2.75) is 53.0 Å². The van der Waals surface area contributed by atoms with E-state index in [1.54, 1.807) is 0 Å². The largest absolute Gasteiger partial charge is 0.321 e. The lowest BCUT2D eigenvalue weighted by atomic mass is 9.97. The van der Waals surface area contributed by atoms with Gasteiger partial charge in [0.05, 0.1) is 0 Å². The van der Waals surface area contributed by atoms with E-state index in [2.05, 4.69) is 39.0 Å². The number of unbranched alkanes of at least 4 members (excludes halogenated alkanes) is 1. The molecule has 1 nitrogen and oxygen atoms in total. The van der Waals surface area contributed by atoms with Gasteiger partial charge in [-0.3, -0.25) is 0 Å². The maximum atomic E-state index is 6.18. The number of allylic oxidation sites excluding steroid dienone is 4. The average molecular weight is 207 g/mol. The molecule has 0 saturated carbocycles. The van der Waals surface area contributed by atoms with E-state index in [1.807, 2.05) is 13.0 Å². The zero-order chi connectivity index (χ0) is 11.7. The maximum Gasteiger partial charge on any atom is 0.0470 e. The molecule has 0 aromatic carbocycles. The van der Waals surface area contributed by atoms with Crippen LogP contribution < -0.4 is 5.73 Å². The molecule has 0 aliphatic rings. The van der Waals surface area contributed by atoms with Crippen molar-refractivity contribution in [3.05, 3.63) is 35.5 Å². The van der Waals surface area contributed by atoms with Crippen molar-refractivity contribution in [2.75, 3.05) is 0 Å². The summed E-state index contributed by atoms with van der Waals surface area (Å²) in [5.41, 5.74) is 8.77. The van der Waals surface area contributed by atoms with Gasteiger partial charge in [0.15, 0.2) is 0 Å².